The Labute approximate surface area is 119 Å². The third-order valence-corrected chi connectivity index (χ3v) is 4.39. The molecule has 4 nitrogen and oxygen atoms in total. The molecule has 1 heterocycles. The number of aliphatic hydroxyl groups is 1. The summed E-state index contributed by atoms with van der Waals surface area (Å²) in [4.78, 5) is 12.2. The molecule has 2 aliphatic rings. The number of piperidine rings is 1. The fourth-order valence-corrected chi connectivity index (χ4v) is 3.34. The average Bonchev–Trinajstić information content (AvgIpc) is 2.76. The predicted molar refractivity (Wildman–Crippen MR) is 77.2 cm³/mol. The molecule has 3 rings (SSSR count). The summed E-state index contributed by atoms with van der Waals surface area (Å²) in [6.45, 7) is 1.99. The average molecular weight is 274 g/mol. The first kappa shape index (κ1) is 13.6. The Balaban J connectivity index is 1.61. The maximum atomic E-state index is 12.2. The van der Waals surface area contributed by atoms with Crippen LogP contribution in [0, 0.1) is 5.92 Å². The van der Waals surface area contributed by atoms with Gasteiger partial charge in [0.1, 0.15) is 0 Å². The minimum atomic E-state index is -0.499. The van der Waals surface area contributed by atoms with Crippen molar-refractivity contribution >= 4 is 5.91 Å². The second-order valence-corrected chi connectivity index (χ2v) is 5.93. The molecule has 0 spiro atoms. The van der Waals surface area contributed by atoms with Crippen molar-refractivity contribution in [3.05, 3.63) is 35.4 Å². The van der Waals surface area contributed by atoms with E-state index in [2.05, 4.69) is 10.6 Å². The van der Waals surface area contributed by atoms with Crippen LogP contribution in [-0.4, -0.2) is 30.2 Å². The molecule has 0 aromatic heterocycles. The lowest BCUT2D eigenvalue weighted by atomic mass is 9.95. The number of amides is 1. The smallest absolute Gasteiger partial charge is 0.220 e. The molecule has 0 saturated carbocycles. The maximum absolute atomic E-state index is 12.2. The molecular weight excluding hydrogens is 252 g/mol. The van der Waals surface area contributed by atoms with Crippen LogP contribution < -0.4 is 10.6 Å². The van der Waals surface area contributed by atoms with Crippen LogP contribution in [0.2, 0.25) is 0 Å². The van der Waals surface area contributed by atoms with Gasteiger partial charge < -0.3 is 15.7 Å². The van der Waals surface area contributed by atoms with Gasteiger partial charge in [-0.2, -0.15) is 0 Å². The van der Waals surface area contributed by atoms with Crippen molar-refractivity contribution in [2.24, 2.45) is 5.92 Å². The second kappa shape index (κ2) is 5.94. The maximum Gasteiger partial charge on any atom is 0.220 e. The highest BCUT2D eigenvalue weighted by Gasteiger charge is 2.32. The zero-order valence-corrected chi connectivity index (χ0v) is 11.6. The van der Waals surface area contributed by atoms with Crippen LogP contribution in [0.5, 0.6) is 0 Å². The summed E-state index contributed by atoms with van der Waals surface area (Å²) >= 11 is 0. The van der Waals surface area contributed by atoms with Gasteiger partial charge in [0, 0.05) is 12.8 Å². The molecule has 1 amide bonds. The fraction of sp³-hybridized carbons (Fsp3) is 0.562. The highest BCUT2D eigenvalue weighted by molar-refractivity contribution is 5.77. The number of hydrogen-bond acceptors (Lipinski definition) is 3. The summed E-state index contributed by atoms with van der Waals surface area (Å²) in [5.74, 6) is 0.483. The summed E-state index contributed by atoms with van der Waals surface area (Å²) in [6.07, 6.45) is 2.95. The van der Waals surface area contributed by atoms with Crippen molar-refractivity contribution in [1.82, 2.24) is 10.6 Å². The van der Waals surface area contributed by atoms with E-state index in [1.807, 2.05) is 24.3 Å². The highest BCUT2D eigenvalue weighted by atomic mass is 16.3. The molecular formula is C16H22N2O2. The zero-order chi connectivity index (χ0) is 13.9. The van der Waals surface area contributed by atoms with Gasteiger partial charge in [-0.3, -0.25) is 4.79 Å². The second-order valence-electron chi connectivity index (χ2n) is 5.93. The monoisotopic (exact) mass is 274 g/mol. The van der Waals surface area contributed by atoms with E-state index >= 15 is 0 Å². The van der Waals surface area contributed by atoms with Gasteiger partial charge >= 0.3 is 0 Å². The van der Waals surface area contributed by atoms with Crippen molar-refractivity contribution in [3.8, 4) is 0 Å². The van der Waals surface area contributed by atoms with Crippen LogP contribution in [0.3, 0.4) is 0 Å². The summed E-state index contributed by atoms with van der Waals surface area (Å²) in [7, 11) is 0. The first-order valence-corrected chi connectivity index (χ1v) is 7.50. The van der Waals surface area contributed by atoms with Gasteiger partial charge in [-0.15, -0.1) is 0 Å². The zero-order valence-electron chi connectivity index (χ0n) is 11.6. The molecule has 1 aromatic rings. The first-order valence-electron chi connectivity index (χ1n) is 7.50. The predicted octanol–water partition coefficient (Wildman–Crippen LogP) is 1.15. The Kier molecular flexibility index (Phi) is 4.03. The molecule has 1 aromatic carbocycles. The molecule has 1 unspecified atom stereocenters. The molecule has 4 heteroatoms. The van der Waals surface area contributed by atoms with Crippen molar-refractivity contribution < 1.29 is 9.90 Å². The van der Waals surface area contributed by atoms with Crippen molar-refractivity contribution in [2.45, 2.75) is 37.8 Å². The third kappa shape index (κ3) is 2.86. The number of nitrogens with one attached hydrogen (secondary N) is 2. The Bertz CT molecular complexity index is 483. The van der Waals surface area contributed by atoms with E-state index in [0.29, 0.717) is 18.8 Å². The molecule has 3 N–H and O–H groups in total. The summed E-state index contributed by atoms with van der Waals surface area (Å²) < 4.78 is 0. The van der Waals surface area contributed by atoms with E-state index in [1.54, 1.807) is 0 Å². The molecule has 0 bridgehead atoms. The molecule has 1 fully saturated rings. The Morgan fingerprint density at radius 2 is 2.25 bits per heavy atom. The lowest BCUT2D eigenvalue weighted by Gasteiger charge is -2.24. The molecule has 1 saturated heterocycles. The number of benzene rings is 1. The number of fused-ring (bicyclic) bond motifs is 1. The summed E-state index contributed by atoms with van der Waals surface area (Å²) in [6, 6.07) is 7.72. The lowest BCUT2D eigenvalue weighted by molar-refractivity contribution is -0.123. The molecule has 3 atom stereocenters. The Morgan fingerprint density at radius 3 is 3.05 bits per heavy atom. The van der Waals surface area contributed by atoms with Gasteiger partial charge in [-0.05, 0) is 43.0 Å². The van der Waals surface area contributed by atoms with Crippen LogP contribution in [0.1, 0.15) is 36.4 Å². The standard InChI is InChI=1S/C16H22N2O2/c19-14-9-12-5-1-2-6-13(12)16(14)18-15(20)8-11-4-3-7-17-10-11/h1-2,5-6,11,14,16-17,19H,3-4,7-10H2,(H,18,20)/t11?,14-,16+/m0/s1. The number of carbonyl (C=O) groups excluding carboxylic acids is 1. The van der Waals surface area contributed by atoms with Crippen molar-refractivity contribution in [2.75, 3.05) is 13.1 Å². The largest absolute Gasteiger partial charge is 0.390 e. The number of hydrogen-bond donors (Lipinski definition) is 3. The van der Waals surface area contributed by atoms with Crippen LogP contribution in [0.4, 0.5) is 0 Å². The molecule has 108 valence electrons. The number of aliphatic hydroxyl groups excluding tert-OH is 1. The number of carbonyl (C=O) groups is 1. The van der Waals surface area contributed by atoms with Gasteiger partial charge in [-0.1, -0.05) is 24.3 Å². The van der Waals surface area contributed by atoms with Gasteiger partial charge in [0.05, 0.1) is 12.1 Å². The highest BCUT2D eigenvalue weighted by Crippen LogP contribution is 2.31. The van der Waals surface area contributed by atoms with E-state index in [1.165, 1.54) is 0 Å². The van der Waals surface area contributed by atoms with Crippen molar-refractivity contribution in [3.63, 3.8) is 0 Å². The van der Waals surface area contributed by atoms with E-state index in [0.717, 1.165) is 37.1 Å². The van der Waals surface area contributed by atoms with E-state index in [4.69, 9.17) is 0 Å². The third-order valence-electron chi connectivity index (χ3n) is 4.39. The van der Waals surface area contributed by atoms with Crippen LogP contribution in [0.25, 0.3) is 0 Å². The first-order chi connectivity index (χ1) is 9.74. The topological polar surface area (TPSA) is 61.4 Å². The van der Waals surface area contributed by atoms with Gasteiger partial charge in [0.2, 0.25) is 5.91 Å². The van der Waals surface area contributed by atoms with Crippen LogP contribution in [-0.2, 0) is 11.2 Å². The Hall–Kier alpha value is -1.39. The SMILES string of the molecule is O=C(CC1CCCNC1)N[C@@H]1c2ccccc2C[C@@H]1O. The van der Waals surface area contributed by atoms with Crippen LogP contribution in [0.15, 0.2) is 24.3 Å². The molecule has 0 radical (unpaired) electrons. The molecule has 20 heavy (non-hydrogen) atoms. The summed E-state index contributed by atoms with van der Waals surface area (Å²) in [5.41, 5.74) is 2.21. The van der Waals surface area contributed by atoms with Crippen LogP contribution >= 0.6 is 0 Å². The van der Waals surface area contributed by atoms with E-state index in [-0.39, 0.29) is 11.9 Å². The van der Waals surface area contributed by atoms with Gasteiger partial charge in [0.15, 0.2) is 0 Å². The Morgan fingerprint density at radius 1 is 1.40 bits per heavy atom. The van der Waals surface area contributed by atoms with Gasteiger partial charge in [-0.25, -0.2) is 0 Å². The van der Waals surface area contributed by atoms with Gasteiger partial charge in [0.25, 0.3) is 0 Å². The van der Waals surface area contributed by atoms with Crippen molar-refractivity contribution in [1.29, 1.82) is 0 Å². The fourth-order valence-electron chi connectivity index (χ4n) is 3.34. The minimum absolute atomic E-state index is 0.0550. The lowest BCUT2D eigenvalue weighted by Crippen LogP contribution is -2.37. The molecule has 1 aliphatic heterocycles. The van der Waals surface area contributed by atoms with E-state index in [9.17, 15) is 9.90 Å². The molecule has 1 aliphatic carbocycles. The normalized spacial score (nSPS) is 28.9. The summed E-state index contributed by atoms with van der Waals surface area (Å²) in [5, 5.41) is 16.5. The van der Waals surface area contributed by atoms with E-state index < -0.39 is 6.10 Å². The minimum Gasteiger partial charge on any atom is -0.390 e. The quantitative estimate of drug-likeness (QED) is 0.775. The number of rotatable bonds is 3.